The summed E-state index contributed by atoms with van der Waals surface area (Å²) in [6.45, 7) is 0.782. The van der Waals surface area contributed by atoms with Gasteiger partial charge in [0.2, 0.25) is 5.88 Å². The van der Waals surface area contributed by atoms with Crippen molar-refractivity contribution in [1.82, 2.24) is 4.98 Å². The van der Waals surface area contributed by atoms with E-state index >= 15 is 0 Å². The number of fused-ring (bicyclic) bond motifs is 1. The molecule has 1 aromatic heterocycles. The Kier molecular flexibility index (Phi) is 4.12. The molecule has 0 amide bonds. The number of aliphatic hydroxyl groups excluding tert-OH is 1. The average Bonchev–Trinajstić information content (AvgIpc) is 3.15. The van der Waals surface area contributed by atoms with Gasteiger partial charge in [-0.15, -0.1) is 0 Å². The third-order valence-corrected chi connectivity index (χ3v) is 6.08. The van der Waals surface area contributed by atoms with Crippen LogP contribution in [0.1, 0.15) is 17.5 Å². The number of nitrogens with zero attached hydrogens (tertiary/aromatic N) is 2. The lowest BCUT2D eigenvalue weighted by molar-refractivity contribution is 0.0611. The monoisotopic (exact) mass is 404 g/mol. The minimum Gasteiger partial charge on any atom is -0.497 e. The number of hydrogen-bond donors (Lipinski definition) is 1. The van der Waals surface area contributed by atoms with Crippen LogP contribution in [-0.2, 0) is 12.8 Å². The zero-order chi connectivity index (χ0) is 17.6. The number of rotatable bonds is 3. The molecule has 1 fully saturated rings. The smallest absolute Gasteiger partial charge is 0.229 e. The average molecular weight is 405 g/mol. The molecule has 2 aliphatic rings. The van der Waals surface area contributed by atoms with Crippen molar-refractivity contribution in [1.29, 1.82) is 0 Å². The Morgan fingerprint density at radius 3 is 2.72 bits per heavy atom. The molecule has 25 heavy (non-hydrogen) atoms. The van der Waals surface area contributed by atoms with E-state index in [0.717, 1.165) is 41.8 Å². The molecule has 6 heteroatoms. The van der Waals surface area contributed by atoms with Gasteiger partial charge in [-0.1, -0.05) is 6.07 Å². The highest BCUT2D eigenvalue weighted by Gasteiger charge is 2.50. The Bertz CT molecular complexity index is 813. The summed E-state index contributed by atoms with van der Waals surface area (Å²) >= 11 is 3.43. The van der Waals surface area contributed by atoms with Crippen LogP contribution in [-0.4, -0.2) is 37.1 Å². The van der Waals surface area contributed by atoms with Gasteiger partial charge in [0.25, 0.3) is 0 Å². The Morgan fingerprint density at radius 1 is 1.16 bits per heavy atom. The second kappa shape index (κ2) is 6.18. The minimum atomic E-state index is -0.565. The first-order valence-electron chi connectivity index (χ1n) is 8.37. The summed E-state index contributed by atoms with van der Waals surface area (Å²) in [6.07, 6.45) is 2.12. The third-order valence-electron chi connectivity index (χ3n) is 5.48. The molecule has 0 bridgehead atoms. The van der Waals surface area contributed by atoms with Crippen molar-refractivity contribution in [3.8, 4) is 11.6 Å². The summed E-state index contributed by atoms with van der Waals surface area (Å²) in [5.74, 6) is 2.16. The van der Waals surface area contributed by atoms with Crippen LogP contribution in [0.5, 0.6) is 11.6 Å². The Labute approximate surface area is 155 Å². The van der Waals surface area contributed by atoms with Gasteiger partial charge in [0.05, 0.1) is 18.7 Å². The van der Waals surface area contributed by atoms with Gasteiger partial charge in [0, 0.05) is 12.0 Å². The molecular formula is C19H21BrN2O3. The van der Waals surface area contributed by atoms with E-state index < -0.39 is 6.23 Å². The van der Waals surface area contributed by atoms with Gasteiger partial charge >= 0.3 is 0 Å². The maximum atomic E-state index is 11.1. The van der Waals surface area contributed by atoms with Gasteiger partial charge in [0.1, 0.15) is 17.8 Å². The zero-order valence-electron chi connectivity index (χ0n) is 14.3. The molecule has 5 nitrogen and oxygen atoms in total. The van der Waals surface area contributed by atoms with Gasteiger partial charge < -0.3 is 19.5 Å². The molecule has 2 heterocycles. The van der Waals surface area contributed by atoms with E-state index in [1.54, 1.807) is 14.2 Å². The van der Waals surface area contributed by atoms with Crippen molar-refractivity contribution in [2.75, 3.05) is 25.7 Å². The summed E-state index contributed by atoms with van der Waals surface area (Å²) in [6, 6.07) is 10.0. The van der Waals surface area contributed by atoms with Crippen molar-refractivity contribution < 1.29 is 14.6 Å². The molecule has 1 saturated heterocycles. The molecule has 1 aliphatic heterocycles. The predicted molar refractivity (Wildman–Crippen MR) is 99.3 cm³/mol. The second-order valence-corrected chi connectivity index (χ2v) is 7.68. The lowest BCUT2D eigenvalue weighted by atomic mass is 9.82. The van der Waals surface area contributed by atoms with Crippen molar-refractivity contribution in [3.63, 3.8) is 0 Å². The first-order valence-corrected chi connectivity index (χ1v) is 9.17. The number of aliphatic hydroxyl groups is 1. The molecule has 2 unspecified atom stereocenters. The molecule has 2 atom stereocenters. The highest BCUT2D eigenvalue weighted by Crippen LogP contribution is 2.48. The van der Waals surface area contributed by atoms with Gasteiger partial charge in [-0.3, -0.25) is 0 Å². The summed E-state index contributed by atoms with van der Waals surface area (Å²) in [5.41, 5.74) is 2.43. The molecule has 132 valence electrons. The minimum absolute atomic E-state index is 0.156. The van der Waals surface area contributed by atoms with Crippen LogP contribution in [0, 0.1) is 5.41 Å². The summed E-state index contributed by atoms with van der Waals surface area (Å²) < 4.78 is 11.4. The highest BCUT2D eigenvalue weighted by atomic mass is 79.9. The van der Waals surface area contributed by atoms with Gasteiger partial charge in [0.15, 0.2) is 0 Å². The number of hydrogen-bond acceptors (Lipinski definition) is 5. The number of methoxy groups -OCH3 is 2. The van der Waals surface area contributed by atoms with E-state index in [4.69, 9.17) is 9.47 Å². The zero-order valence-corrected chi connectivity index (χ0v) is 15.9. The number of halogens is 1. The van der Waals surface area contributed by atoms with Gasteiger partial charge in [-0.05, 0) is 70.6 Å². The standard InChI is InChI=1S/C19H21BrN2O3/c1-24-14-4-3-12-10-19(11-13(12)9-14)7-8-22(18(19)23)16-6-5-15(20)17(21-16)25-2/h3-6,9,18,23H,7-8,10-11H2,1-2H3. The summed E-state index contributed by atoms with van der Waals surface area (Å²) in [4.78, 5) is 6.52. The topological polar surface area (TPSA) is 54.8 Å². The molecule has 1 spiro atoms. The number of anilines is 1. The van der Waals surface area contributed by atoms with Gasteiger partial charge in [-0.25, -0.2) is 0 Å². The second-order valence-electron chi connectivity index (χ2n) is 6.83. The normalized spacial score (nSPS) is 24.6. The predicted octanol–water partition coefficient (Wildman–Crippen LogP) is 3.18. The van der Waals surface area contributed by atoms with Crippen molar-refractivity contribution in [2.45, 2.75) is 25.5 Å². The van der Waals surface area contributed by atoms with E-state index in [-0.39, 0.29) is 5.41 Å². The van der Waals surface area contributed by atoms with Crippen LogP contribution >= 0.6 is 15.9 Å². The lowest BCUT2D eigenvalue weighted by Crippen LogP contribution is -2.40. The largest absolute Gasteiger partial charge is 0.497 e. The first kappa shape index (κ1) is 16.7. The molecule has 1 N–H and O–H groups in total. The fraction of sp³-hybridized carbons (Fsp3) is 0.421. The molecule has 0 saturated carbocycles. The Balaban J connectivity index is 1.61. The van der Waals surface area contributed by atoms with Crippen LogP contribution in [0.3, 0.4) is 0 Å². The molecule has 0 radical (unpaired) electrons. The summed E-state index contributed by atoms with van der Waals surface area (Å²) in [7, 11) is 3.28. The van der Waals surface area contributed by atoms with Crippen LogP contribution in [0.2, 0.25) is 0 Å². The fourth-order valence-corrected chi connectivity index (χ4v) is 4.51. The molecule has 1 aliphatic carbocycles. The van der Waals surface area contributed by atoms with Crippen LogP contribution in [0.15, 0.2) is 34.8 Å². The fourth-order valence-electron chi connectivity index (χ4n) is 4.13. The van der Waals surface area contributed by atoms with Crippen molar-refractivity contribution in [3.05, 3.63) is 45.9 Å². The lowest BCUT2D eigenvalue weighted by Gasteiger charge is -2.31. The maximum absolute atomic E-state index is 11.1. The molecule has 4 rings (SSSR count). The first-order chi connectivity index (χ1) is 12.1. The van der Waals surface area contributed by atoms with Crippen molar-refractivity contribution in [2.24, 2.45) is 5.41 Å². The number of aromatic nitrogens is 1. The Hall–Kier alpha value is -1.79. The molecule has 2 aromatic rings. The number of pyridine rings is 1. The Morgan fingerprint density at radius 2 is 1.96 bits per heavy atom. The van der Waals surface area contributed by atoms with Crippen LogP contribution in [0.4, 0.5) is 5.82 Å². The van der Waals surface area contributed by atoms with Crippen LogP contribution < -0.4 is 14.4 Å². The van der Waals surface area contributed by atoms with E-state index in [9.17, 15) is 5.11 Å². The SMILES string of the molecule is COc1ccc2c(c1)CC1(CCN(c3ccc(Br)c(OC)n3)C1O)C2. The van der Waals surface area contributed by atoms with E-state index in [0.29, 0.717) is 5.88 Å². The quantitative estimate of drug-likeness (QED) is 0.850. The highest BCUT2D eigenvalue weighted by molar-refractivity contribution is 9.10. The van der Waals surface area contributed by atoms with Crippen LogP contribution in [0.25, 0.3) is 0 Å². The van der Waals surface area contributed by atoms with Gasteiger partial charge in [-0.2, -0.15) is 4.98 Å². The summed E-state index contributed by atoms with van der Waals surface area (Å²) in [5, 5.41) is 11.1. The maximum Gasteiger partial charge on any atom is 0.229 e. The van der Waals surface area contributed by atoms with Crippen molar-refractivity contribution >= 4 is 21.7 Å². The third kappa shape index (κ3) is 2.68. The van der Waals surface area contributed by atoms with E-state index in [1.807, 2.05) is 23.1 Å². The number of benzene rings is 1. The van der Waals surface area contributed by atoms with E-state index in [2.05, 4.69) is 33.0 Å². The van der Waals surface area contributed by atoms with E-state index in [1.165, 1.54) is 11.1 Å². The number of ether oxygens (including phenoxy) is 2. The molecule has 1 aromatic carbocycles. The molecular weight excluding hydrogens is 384 g/mol.